The van der Waals surface area contributed by atoms with E-state index in [0.717, 1.165) is 4.47 Å². The van der Waals surface area contributed by atoms with Crippen molar-refractivity contribution in [3.8, 4) is 0 Å². The van der Waals surface area contributed by atoms with Crippen LogP contribution >= 0.6 is 15.9 Å². The van der Waals surface area contributed by atoms with Gasteiger partial charge >= 0.3 is 0 Å². The van der Waals surface area contributed by atoms with Crippen molar-refractivity contribution in [2.75, 3.05) is 26.5 Å². The molecule has 0 aromatic carbocycles. The van der Waals surface area contributed by atoms with Crippen LogP contribution in [0.15, 0.2) is 16.7 Å². The molecule has 0 aliphatic rings. The normalized spacial score (nSPS) is 10.2. The average molecular weight is 273 g/mol. The van der Waals surface area contributed by atoms with Gasteiger partial charge in [-0.3, -0.25) is 10.2 Å². The highest BCUT2D eigenvalue weighted by Crippen LogP contribution is 2.17. The highest BCUT2D eigenvalue weighted by molar-refractivity contribution is 9.10. The summed E-state index contributed by atoms with van der Waals surface area (Å²) in [6.45, 7) is 0. The molecule has 2 N–H and O–H groups in total. The molecule has 1 amide bonds. The number of rotatable bonds is 3. The highest BCUT2D eigenvalue weighted by Gasteiger charge is 2.12. The van der Waals surface area contributed by atoms with E-state index >= 15 is 0 Å². The SMILES string of the molecule is CNc1ncc(Br)cc1C(=O)NN(C)C. The number of carbonyl (C=O) groups excluding carboxylic acids is 1. The van der Waals surface area contributed by atoms with Crippen LogP contribution in [-0.4, -0.2) is 37.0 Å². The van der Waals surface area contributed by atoms with Gasteiger partial charge in [0, 0.05) is 31.8 Å². The Balaban J connectivity index is 3.00. The van der Waals surface area contributed by atoms with Crippen molar-refractivity contribution >= 4 is 27.7 Å². The number of halogens is 1. The smallest absolute Gasteiger partial charge is 0.269 e. The van der Waals surface area contributed by atoms with Gasteiger partial charge in [-0.15, -0.1) is 0 Å². The fourth-order valence-corrected chi connectivity index (χ4v) is 1.41. The lowest BCUT2D eigenvalue weighted by Gasteiger charge is -2.13. The van der Waals surface area contributed by atoms with Gasteiger partial charge in [0.15, 0.2) is 0 Å². The zero-order valence-corrected chi connectivity index (χ0v) is 10.4. The Morgan fingerprint density at radius 3 is 2.73 bits per heavy atom. The van der Waals surface area contributed by atoms with Gasteiger partial charge in [-0.05, 0) is 22.0 Å². The molecule has 0 spiro atoms. The van der Waals surface area contributed by atoms with Crippen molar-refractivity contribution in [2.45, 2.75) is 0 Å². The van der Waals surface area contributed by atoms with E-state index in [0.29, 0.717) is 11.4 Å². The van der Waals surface area contributed by atoms with E-state index in [9.17, 15) is 4.79 Å². The third-order valence-electron chi connectivity index (χ3n) is 1.66. The van der Waals surface area contributed by atoms with Crippen molar-refractivity contribution in [1.82, 2.24) is 15.4 Å². The van der Waals surface area contributed by atoms with E-state index in [-0.39, 0.29) is 5.91 Å². The van der Waals surface area contributed by atoms with Crippen LogP contribution in [-0.2, 0) is 0 Å². The van der Waals surface area contributed by atoms with Crippen LogP contribution in [0, 0.1) is 0 Å². The Bertz CT molecular complexity index is 367. The monoisotopic (exact) mass is 272 g/mol. The fourth-order valence-electron chi connectivity index (χ4n) is 1.07. The van der Waals surface area contributed by atoms with E-state index < -0.39 is 0 Å². The minimum absolute atomic E-state index is 0.196. The topological polar surface area (TPSA) is 57.3 Å². The molecular weight excluding hydrogens is 260 g/mol. The molecule has 0 radical (unpaired) electrons. The molecule has 0 bridgehead atoms. The van der Waals surface area contributed by atoms with Crippen LogP contribution in [0.1, 0.15) is 10.4 Å². The van der Waals surface area contributed by atoms with Crippen LogP contribution in [0.3, 0.4) is 0 Å². The van der Waals surface area contributed by atoms with Crippen molar-refractivity contribution in [3.63, 3.8) is 0 Å². The first-order chi connectivity index (χ1) is 7.04. The van der Waals surface area contributed by atoms with Gasteiger partial charge in [-0.2, -0.15) is 0 Å². The molecule has 1 aromatic rings. The summed E-state index contributed by atoms with van der Waals surface area (Å²) >= 11 is 3.28. The first-order valence-electron chi connectivity index (χ1n) is 4.36. The van der Waals surface area contributed by atoms with Gasteiger partial charge in [-0.1, -0.05) is 0 Å². The van der Waals surface area contributed by atoms with Crippen molar-refractivity contribution in [3.05, 3.63) is 22.3 Å². The quantitative estimate of drug-likeness (QED) is 0.809. The van der Waals surface area contributed by atoms with Crippen LogP contribution < -0.4 is 10.7 Å². The van der Waals surface area contributed by atoms with Gasteiger partial charge in [0.05, 0.1) is 5.56 Å². The maximum Gasteiger partial charge on any atom is 0.269 e. The maximum atomic E-state index is 11.7. The van der Waals surface area contributed by atoms with Crippen LogP contribution in [0.4, 0.5) is 5.82 Å². The minimum Gasteiger partial charge on any atom is -0.372 e. The predicted molar refractivity (Wildman–Crippen MR) is 62.6 cm³/mol. The maximum absolute atomic E-state index is 11.7. The number of hydrazine groups is 1. The zero-order chi connectivity index (χ0) is 11.4. The zero-order valence-electron chi connectivity index (χ0n) is 8.84. The highest BCUT2D eigenvalue weighted by atomic mass is 79.9. The van der Waals surface area contributed by atoms with E-state index in [1.165, 1.54) is 0 Å². The third-order valence-corrected chi connectivity index (χ3v) is 2.09. The standard InChI is InChI=1S/C9H13BrN4O/c1-11-8-7(4-6(10)5-12-8)9(15)13-14(2)3/h4-5H,1-3H3,(H,11,12)(H,13,15). The molecule has 1 aromatic heterocycles. The molecule has 5 nitrogen and oxygen atoms in total. The molecule has 0 unspecified atom stereocenters. The molecule has 0 fully saturated rings. The second-order valence-corrected chi connectivity index (χ2v) is 4.05. The number of amides is 1. The molecule has 0 atom stereocenters. The van der Waals surface area contributed by atoms with Gasteiger partial charge in [0.25, 0.3) is 5.91 Å². The summed E-state index contributed by atoms with van der Waals surface area (Å²) in [5.74, 6) is 0.357. The largest absolute Gasteiger partial charge is 0.372 e. The molecule has 82 valence electrons. The van der Waals surface area contributed by atoms with Crippen LogP contribution in [0.2, 0.25) is 0 Å². The van der Waals surface area contributed by atoms with Crippen molar-refractivity contribution < 1.29 is 4.79 Å². The van der Waals surface area contributed by atoms with E-state index in [1.54, 1.807) is 38.4 Å². The van der Waals surface area contributed by atoms with Crippen LogP contribution in [0.5, 0.6) is 0 Å². The molecule has 1 rings (SSSR count). The van der Waals surface area contributed by atoms with E-state index in [1.807, 2.05) is 0 Å². The number of hydrogen-bond donors (Lipinski definition) is 2. The fraction of sp³-hybridized carbons (Fsp3) is 0.333. The lowest BCUT2D eigenvalue weighted by atomic mass is 10.2. The summed E-state index contributed by atoms with van der Waals surface area (Å²) in [5.41, 5.74) is 3.16. The second-order valence-electron chi connectivity index (χ2n) is 3.14. The summed E-state index contributed by atoms with van der Waals surface area (Å²) in [6, 6.07) is 1.72. The summed E-state index contributed by atoms with van der Waals surface area (Å²) in [7, 11) is 5.23. The van der Waals surface area contributed by atoms with Crippen molar-refractivity contribution in [1.29, 1.82) is 0 Å². The molecule has 1 heterocycles. The number of nitrogens with one attached hydrogen (secondary N) is 2. The predicted octanol–water partition coefficient (Wildman–Crippen LogP) is 1.09. The Labute approximate surface area is 97.0 Å². The summed E-state index contributed by atoms with van der Waals surface area (Å²) < 4.78 is 0.769. The molecule has 0 saturated heterocycles. The number of pyridine rings is 1. The minimum atomic E-state index is -0.196. The Hall–Kier alpha value is -1.14. The molecule has 6 heteroatoms. The Kier molecular flexibility index (Phi) is 4.05. The molecule has 0 saturated carbocycles. The lowest BCUT2D eigenvalue weighted by Crippen LogP contribution is -2.36. The number of aromatic nitrogens is 1. The van der Waals surface area contributed by atoms with Crippen LogP contribution in [0.25, 0.3) is 0 Å². The van der Waals surface area contributed by atoms with Crippen molar-refractivity contribution in [2.24, 2.45) is 0 Å². The molecule has 15 heavy (non-hydrogen) atoms. The number of nitrogens with zero attached hydrogens (tertiary/aromatic N) is 2. The van der Waals surface area contributed by atoms with Gasteiger partial charge < -0.3 is 5.32 Å². The summed E-state index contributed by atoms with van der Waals surface area (Å²) in [6.07, 6.45) is 1.64. The van der Waals surface area contributed by atoms with Gasteiger partial charge in [0.1, 0.15) is 5.82 Å². The first-order valence-corrected chi connectivity index (χ1v) is 5.15. The molecule has 0 aliphatic carbocycles. The Morgan fingerprint density at radius 2 is 2.20 bits per heavy atom. The van der Waals surface area contributed by atoms with Gasteiger partial charge in [-0.25, -0.2) is 9.99 Å². The van der Waals surface area contributed by atoms with E-state index in [4.69, 9.17) is 0 Å². The third kappa shape index (κ3) is 3.17. The molecule has 0 aliphatic heterocycles. The Morgan fingerprint density at radius 1 is 1.53 bits per heavy atom. The number of anilines is 1. The number of carbonyl (C=O) groups is 1. The molecular formula is C9H13BrN4O. The second kappa shape index (κ2) is 5.09. The average Bonchev–Trinajstić information content (AvgIpc) is 2.16. The van der Waals surface area contributed by atoms with E-state index in [2.05, 4.69) is 31.7 Å². The summed E-state index contributed by atoms with van der Waals surface area (Å²) in [5, 5.41) is 4.45. The number of hydrogen-bond acceptors (Lipinski definition) is 4. The lowest BCUT2D eigenvalue weighted by molar-refractivity contribution is 0.0857. The first kappa shape index (κ1) is 11.9. The van der Waals surface area contributed by atoms with Gasteiger partial charge in [0.2, 0.25) is 0 Å². The summed E-state index contributed by atoms with van der Waals surface area (Å²) in [4.78, 5) is 15.8.